The zero-order valence-corrected chi connectivity index (χ0v) is 19.9. The van der Waals surface area contributed by atoms with Gasteiger partial charge in [0.05, 0.1) is 11.4 Å². The summed E-state index contributed by atoms with van der Waals surface area (Å²) in [5.74, 6) is 0.193. The lowest BCUT2D eigenvalue weighted by Gasteiger charge is -2.30. The first kappa shape index (κ1) is 23.3. The van der Waals surface area contributed by atoms with Crippen molar-refractivity contribution in [3.63, 3.8) is 0 Å². The van der Waals surface area contributed by atoms with Gasteiger partial charge in [0.15, 0.2) is 5.65 Å². The van der Waals surface area contributed by atoms with E-state index in [2.05, 4.69) is 15.3 Å². The minimum absolute atomic E-state index is 0.128. The Balaban J connectivity index is 1.39. The van der Waals surface area contributed by atoms with Crippen LogP contribution in [0.5, 0.6) is 0 Å². The molecule has 2 aromatic carbocycles. The maximum Gasteiger partial charge on any atom is 0.407 e. The molecule has 0 saturated carbocycles. The molecule has 0 aliphatic carbocycles. The number of likely N-dealkylation sites (tertiary alicyclic amines) is 1. The standard InChI is InChI=1S/C26H27N7O3/c1-16-4-8-19(9-5-16)25(34)28-13-17-6-10-18(11-7-17)22-21-23(27)29-15-30-24(21)33(31-22)20-3-2-12-32(14-20)26(35)36/h4-11,15,20H,2-3,12-14H2,1H3,(H,28,34)(H,35,36)(H2,27,29,30)/t20-/m1/s1. The highest BCUT2D eigenvalue weighted by atomic mass is 16.4. The summed E-state index contributed by atoms with van der Waals surface area (Å²) in [6, 6.07) is 15.0. The Bertz CT molecular complexity index is 1410. The molecule has 10 nitrogen and oxygen atoms in total. The van der Waals surface area contributed by atoms with Crippen molar-refractivity contribution in [2.75, 3.05) is 18.8 Å². The fourth-order valence-electron chi connectivity index (χ4n) is 4.55. The van der Waals surface area contributed by atoms with Gasteiger partial charge in [-0.05, 0) is 37.5 Å². The van der Waals surface area contributed by atoms with Gasteiger partial charge in [-0.15, -0.1) is 0 Å². The lowest BCUT2D eigenvalue weighted by atomic mass is 10.1. The van der Waals surface area contributed by atoms with Crippen LogP contribution in [0.15, 0.2) is 54.9 Å². The molecule has 5 rings (SSSR count). The van der Waals surface area contributed by atoms with Crippen LogP contribution >= 0.6 is 0 Å². The maximum atomic E-state index is 12.4. The number of aryl methyl sites for hydroxylation is 1. The van der Waals surface area contributed by atoms with Crippen LogP contribution in [0.1, 0.15) is 40.4 Å². The Morgan fingerprint density at radius 2 is 1.86 bits per heavy atom. The Morgan fingerprint density at radius 3 is 2.58 bits per heavy atom. The summed E-state index contributed by atoms with van der Waals surface area (Å²) in [4.78, 5) is 33.9. The fraction of sp³-hybridized carbons (Fsp3) is 0.269. The Labute approximate surface area is 207 Å². The van der Waals surface area contributed by atoms with Crippen molar-refractivity contribution in [1.29, 1.82) is 0 Å². The third kappa shape index (κ3) is 4.57. The van der Waals surface area contributed by atoms with Gasteiger partial charge in [0.2, 0.25) is 0 Å². The molecule has 2 aromatic heterocycles. The van der Waals surface area contributed by atoms with Gasteiger partial charge in [-0.3, -0.25) is 4.79 Å². The number of carbonyl (C=O) groups excluding carboxylic acids is 1. The van der Waals surface area contributed by atoms with Crippen molar-refractivity contribution in [3.8, 4) is 11.3 Å². The molecule has 184 valence electrons. The van der Waals surface area contributed by atoms with Crippen LogP contribution in [0, 0.1) is 6.92 Å². The lowest BCUT2D eigenvalue weighted by Crippen LogP contribution is -2.40. The first-order chi connectivity index (χ1) is 17.4. The van der Waals surface area contributed by atoms with Gasteiger partial charge in [-0.2, -0.15) is 5.10 Å². The van der Waals surface area contributed by atoms with Crippen LogP contribution in [0.4, 0.5) is 10.6 Å². The summed E-state index contributed by atoms with van der Waals surface area (Å²) in [5, 5.41) is 17.9. The molecule has 0 unspecified atom stereocenters. The molecule has 1 atom stereocenters. The number of nitrogens with zero attached hydrogens (tertiary/aromatic N) is 5. The summed E-state index contributed by atoms with van der Waals surface area (Å²) in [7, 11) is 0. The van der Waals surface area contributed by atoms with E-state index in [-0.39, 0.29) is 11.9 Å². The first-order valence-electron chi connectivity index (χ1n) is 11.8. The zero-order valence-electron chi connectivity index (χ0n) is 19.9. The van der Waals surface area contributed by atoms with Crippen LogP contribution in [0.25, 0.3) is 22.3 Å². The topological polar surface area (TPSA) is 139 Å². The van der Waals surface area contributed by atoms with Gasteiger partial charge in [-0.1, -0.05) is 42.0 Å². The molecule has 36 heavy (non-hydrogen) atoms. The third-order valence-corrected chi connectivity index (χ3v) is 6.53. The normalized spacial score (nSPS) is 15.7. The number of hydrogen-bond donors (Lipinski definition) is 3. The van der Waals surface area contributed by atoms with E-state index in [0.29, 0.717) is 47.7 Å². The molecule has 1 aliphatic heterocycles. The highest BCUT2D eigenvalue weighted by molar-refractivity contribution is 5.98. The number of aromatic nitrogens is 4. The first-order valence-corrected chi connectivity index (χ1v) is 11.8. The summed E-state index contributed by atoms with van der Waals surface area (Å²) in [6.07, 6.45) is 2.01. The van der Waals surface area contributed by atoms with E-state index in [1.54, 1.807) is 4.68 Å². The Hall–Kier alpha value is -4.47. The number of nitrogen functional groups attached to an aromatic ring is 1. The fourth-order valence-corrected chi connectivity index (χ4v) is 4.55. The molecule has 3 heterocycles. The number of piperidine rings is 1. The SMILES string of the molecule is Cc1ccc(C(=O)NCc2ccc(-c3nn([C@@H]4CCCN(C(=O)O)C4)c4ncnc(N)c34)cc2)cc1. The number of carboxylic acid groups (broad SMARTS) is 1. The quantitative estimate of drug-likeness (QED) is 0.392. The number of carbonyl (C=O) groups is 2. The van der Waals surface area contributed by atoms with Crippen molar-refractivity contribution >= 4 is 28.9 Å². The molecule has 0 spiro atoms. The van der Waals surface area contributed by atoms with E-state index in [4.69, 9.17) is 10.8 Å². The van der Waals surface area contributed by atoms with E-state index < -0.39 is 6.09 Å². The molecule has 1 saturated heterocycles. The van der Waals surface area contributed by atoms with E-state index in [1.165, 1.54) is 11.2 Å². The minimum atomic E-state index is -0.935. The molecular weight excluding hydrogens is 458 g/mol. The van der Waals surface area contributed by atoms with Gasteiger partial charge < -0.3 is 21.1 Å². The zero-order chi connectivity index (χ0) is 25.2. The van der Waals surface area contributed by atoms with Gasteiger partial charge in [0.1, 0.15) is 17.8 Å². The number of nitrogens with one attached hydrogen (secondary N) is 1. The van der Waals surface area contributed by atoms with E-state index in [0.717, 1.165) is 29.5 Å². The van der Waals surface area contributed by atoms with Crippen molar-refractivity contribution in [1.82, 2.24) is 30.0 Å². The van der Waals surface area contributed by atoms with Crippen LogP contribution < -0.4 is 11.1 Å². The largest absolute Gasteiger partial charge is 0.465 e. The highest BCUT2D eigenvalue weighted by Gasteiger charge is 2.28. The highest BCUT2D eigenvalue weighted by Crippen LogP contribution is 2.33. The van der Waals surface area contributed by atoms with Gasteiger partial charge in [0.25, 0.3) is 5.91 Å². The lowest BCUT2D eigenvalue weighted by molar-refractivity contribution is 0.0950. The second-order valence-corrected chi connectivity index (χ2v) is 9.02. The minimum Gasteiger partial charge on any atom is -0.465 e. The molecule has 4 aromatic rings. The number of benzene rings is 2. The average Bonchev–Trinajstić information content (AvgIpc) is 3.29. The molecule has 0 bridgehead atoms. The molecular formula is C26H27N7O3. The molecule has 10 heteroatoms. The molecule has 1 fully saturated rings. The number of anilines is 1. The van der Waals surface area contributed by atoms with Crippen molar-refractivity contribution in [3.05, 3.63) is 71.5 Å². The maximum absolute atomic E-state index is 12.4. The van der Waals surface area contributed by atoms with E-state index >= 15 is 0 Å². The predicted octanol–water partition coefficient (Wildman–Crippen LogP) is 3.63. The van der Waals surface area contributed by atoms with Crippen LogP contribution in [-0.2, 0) is 6.54 Å². The van der Waals surface area contributed by atoms with Crippen molar-refractivity contribution < 1.29 is 14.7 Å². The van der Waals surface area contributed by atoms with Gasteiger partial charge >= 0.3 is 6.09 Å². The van der Waals surface area contributed by atoms with E-state index in [1.807, 2.05) is 55.5 Å². The number of fused-ring (bicyclic) bond motifs is 1. The van der Waals surface area contributed by atoms with Crippen molar-refractivity contribution in [2.45, 2.75) is 32.4 Å². The average molecular weight is 486 g/mol. The second-order valence-electron chi connectivity index (χ2n) is 9.02. The number of hydrogen-bond acceptors (Lipinski definition) is 6. The summed E-state index contributed by atoms with van der Waals surface area (Å²) < 4.78 is 1.79. The van der Waals surface area contributed by atoms with Crippen LogP contribution in [0.2, 0.25) is 0 Å². The molecule has 1 aliphatic rings. The smallest absolute Gasteiger partial charge is 0.407 e. The van der Waals surface area contributed by atoms with Crippen LogP contribution in [-0.4, -0.2) is 54.8 Å². The van der Waals surface area contributed by atoms with Gasteiger partial charge in [0, 0.05) is 30.8 Å². The number of amides is 2. The van der Waals surface area contributed by atoms with Gasteiger partial charge in [-0.25, -0.2) is 19.4 Å². The molecule has 2 amide bonds. The monoisotopic (exact) mass is 485 g/mol. The molecule has 4 N–H and O–H groups in total. The second kappa shape index (κ2) is 9.65. The number of nitrogens with two attached hydrogens (primary N) is 1. The number of rotatable bonds is 5. The Kier molecular flexibility index (Phi) is 6.24. The van der Waals surface area contributed by atoms with Crippen LogP contribution in [0.3, 0.4) is 0 Å². The summed E-state index contributed by atoms with van der Waals surface area (Å²) in [5.41, 5.74) is 11.0. The third-order valence-electron chi connectivity index (χ3n) is 6.53. The predicted molar refractivity (Wildman–Crippen MR) is 135 cm³/mol. The molecule has 0 radical (unpaired) electrons. The van der Waals surface area contributed by atoms with Crippen molar-refractivity contribution in [2.24, 2.45) is 0 Å². The summed E-state index contributed by atoms with van der Waals surface area (Å²) in [6.45, 7) is 3.22. The van der Waals surface area contributed by atoms with E-state index in [9.17, 15) is 14.7 Å². The Morgan fingerprint density at radius 1 is 1.11 bits per heavy atom. The summed E-state index contributed by atoms with van der Waals surface area (Å²) >= 11 is 0.